The maximum Gasteiger partial charge on any atom is 0.123 e. The highest BCUT2D eigenvalue weighted by Crippen LogP contribution is 2.52. The quantitative estimate of drug-likeness (QED) is 0.635. The molecule has 2 rings (SSSR count). The van der Waals surface area contributed by atoms with Gasteiger partial charge in [0.15, 0.2) is 0 Å². The molecule has 1 nitrogen and oxygen atoms in total. The second-order valence-electron chi connectivity index (χ2n) is 3.87. The first-order chi connectivity index (χ1) is 6.16. The summed E-state index contributed by atoms with van der Waals surface area (Å²) in [5, 5.41) is 0. The third kappa shape index (κ3) is 1.26. The van der Waals surface area contributed by atoms with Gasteiger partial charge in [0.2, 0.25) is 0 Å². The van der Waals surface area contributed by atoms with Crippen LogP contribution in [0, 0.1) is 11.7 Å². The number of carbonyl (C=O) groups is 1. The molecular formula is C11H11FO. The third-order valence-corrected chi connectivity index (χ3v) is 2.97. The first-order valence-electron chi connectivity index (χ1n) is 4.38. The molecule has 1 saturated carbocycles. The van der Waals surface area contributed by atoms with Crippen LogP contribution in [0.3, 0.4) is 0 Å². The highest BCUT2D eigenvalue weighted by Gasteiger charge is 2.50. The summed E-state index contributed by atoms with van der Waals surface area (Å²) in [6.45, 7) is 2.04. The minimum absolute atomic E-state index is 0.0323. The van der Waals surface area contributed by atoms with Crippen molar-refractivity contribution in [3.05, 3.63) is 35.6 Å². The fraction of sp³-hybridized carbons (Fsp3) is 0.364. The fourth-order valence-corrected chi connectivity index (χ4v) is 1.76. The molecule has 0 amide bonds. The summed E-state index contributed by atoms with van der Waals surface area (Å²) in [4.78, 5) is 10.5. The topological polar surface area (TPSA) is 17.1 Å². The largest absolute Gasteiger partial charge is 0.303 e. The molecule has 2 heteroatoms. The number of halogens is 1. The Morgan fingerprint density at radius 1 is 1.46 bits per heavy atom. The van der Waals surface area contributed by atoms with Gasteiger partial charge in [0.25, 0.3) is 0 Å². The van der Waals surface area contributed by atoms with Crippen molar-refractivity contribution in [2.45, 2.75) is 18.8 Å². The van der Waals surface area contributed by atoms with E-state index in [1.807, 2.05) is 6.92 Å². The van der Waals surface area contributed by atoms with Crippen molar-refractivity contribution in [2.24, 2.45) is 5.92 Å². The van der Waals surface area contributed by atoms with Crippen LogP contribution < -0.4 is 0 Å². The van der Waals surface area contributed by atoms with Gasteiger partial charge in [-0.2, -0.15) is 0 Å². The first kappa shape index (κ1) is 8.42. The van der Waals surface area contributed by atoms with Gasteiger partial charge in [-0.1, -0.05) is 19.1 Å². The normalized spacial score (nSPS) is 31.4. The summed E-state index contributed by atoms with van der Waals surface area (Å²) < 4.78 is 12.6. The predicted molar refractivity (Wildman–Crippen MR) is 47.9 cm³/mol. The van der Waals surface area contributed by atoms with Crippen molar-refractivity contribution in [1.29, 1.82) is 0 Å². The van der Waals surface area contributed by atoms with E-state index >= 15 is 0 Å². The maximum absolute atomic E-state index is 12.6. The molecule has 13 heavy (non-hydrogen) atoms. The minimum atomic E-state index is -0.226. The van der Waals surface area contributed by atoms with Crippen molar-refractivity contribution >= 4 is 6.29 Å². The second-order valence-corrected chi connectivity index (χ2v) is 3.87. The van der Waals surface area contributed by atoms with Crippen molar-refractivity contribution < 1.29 is 9.18 Å². The predicted octanol–water partition coefficient (Wildman–Crippen LogP) is 2.30. The molecule has 1 aromatic rings. The molecule has 1 aromatic carbocycles. The van der Waals surface area contributed by atoms with Gasteiger partial charge in [-0.25, -0.2) is 4.39 Å². The van der Waals surface area contributed by atoms with E-state index in [9.17, 15) is 9.18 Å². The van der Waals surface area contributed by atoms with Crippen LogP contribution in [0.1, 0.15) is 18.9 Å². The number of hydrogen-bond donors (Lipinski definition) is 0. The van der Waals surface area contributed by atoms with Crippen molar-refractivity contribution in [3.8, 4) is 0 Å². The molecule has 0 aliphatic heterocycles. The number of hydrogen-bond acceptors (Lipinski definition) is 1. The van der Waals surface area contributed by atoms with E-state index in [0.717, 1.165) is 18.3 Å². The molecule has 0 bridgehead atoms. The Hall–Kier alpha value is -1.18. The van der Waals surface area contributed by atoms with Crippen molar-refractivity contribution in [2.75, 3.05) is 0 Å². The average Bonchev–Trinajstić information content (AvgIpc) is 2.80. The molecule has 0 heterocycles. The van der Waals surface area contributed by atoms with Gasteiger partial charge in [0.05, 0.1) is 0 Å². The highest BCUT2D eigenvalue weighted by molar-refractivity contribution is 5.64. The number of benzene rings is 1. The SMILES string of the molecule is CC1(c2ccc(F)cc2)CC1C=O. The van der Waals surface area contributed by atoms with Crippen molar-refractivity contribution in [1.82, 2.24) is 0 Å². The molecule has 0 N–H and O–H groups in total. The molecule has 2 atom stereocenters. The second kappa shape index (κ2) is 2.66. The molecule has 0 saturated heterocycles. The van der Waals surface area contributed by atoms with Crippen LogP contribution in [-0.2, 0) is 10.2 Å². The van der Waals surface area contributed by atoms with E-state index in [1.54, 1.807) is 12.1 Å². The van der Waals surface area contributed by atoms with E-state index in [4.69, 9.17) is 0 Å². The maximum atomic E-state index is 12.6. The van der Waals surface area contributed by atoms with E-state index in [1.165, 1.54) is 12.1 Å². The lowest BCUT2D eigenvalue weighted by Gasteiger charge is -2.08. The van der Waals surface area contributed by atoms with Crippen LogP contribution in [-0.4, -0.2) is 6.29 Å². The Balaban J connectivity index is 2.27. The Morgan fingerprint density at radius 3 is 2.54 bits per heavy atom. The summed E-state index contributed by atoms with van der Waals surface area (Å²) in [6.07, 6.45) is 1.88. The summed E-state index contributed by atoms with van der Waals surface area (Å²) >= 11 is 0. The zero-order valence-electron chi connectivity index (χ0n) is 7.46. The molecule has 2 unspecified atom stereocenters. The monoisotopic (exact) mass is 178 g/mol. The lowest BCUT2D eigenvalue weighted by Crippen LogP contribution is -2.04. The molecule has 1 aliphatic rings. The van der Waals surface area contributed by atoms with Crippen molar-refractivity contribution in [3.63, 3.8) is 0 Å². The van der Waals surface area contributed by atoms with Gasteiger partial charge in [-0.3, -0.25) is 0 Å². The van der Waals surface area contributed by atoms with Crippen LogP contribution in [0.5, 0.6) is 0 Å². The smallest absolute Gasteiger partial charge is 0.123 e. The van der Waals surface area contributed by atoms with Crippen LogP contribution >= 0.6 is 0 Å². The lowest BCUT2D eigenvalue weighted by molar-refractivity contribution is -0.109. The summed E-state index contributed by atoms with van der Waals surface area (Å²) in [5.41, 5.74) is 1.03. The van der Waals surface area contributed by atoms with Gasteiger partial charge in [-0.05, 0) is 24.1 Å². The van der Waals surface area contributed by atoms with Gasteiger partial charge < -0.3 is 4.79 Å². The van der Waals surface area contributed by atoms with Crippen LogP contribution in [0.2, 0.25) is 0 Å². The fourth-order valence-electron chi connectivity index (χ4n) is 1.76. The van der Waals surface area contributed by atoms with E-state index in [0.29, 0.717) is 0 Å². The Bertz CT molecular complexity index is 330. The highest BCUT2D eigenvalue weighted by atomic mass is 19.1. The number of rotatable bonds is 2. The number of aldehydes is 1. The standard InChI is InChI=1S/C11H11FO/c1-11(6-9(11)7-13)8-2-4-10(12)5-3-8/h2-5,7,9H,6H2,1H3. The molecule has 0 aromatic heterocycles. The number of carbonyl (C=O) groups excluding carboxylic acids is 1. The summed E-state index contributed by atoms with van der Waals surface area (Å²) in [6, 6.07) is 6.42. The van der Waals surface area contributed by atoms with Crippen LogP contribution in [0.25, 0.3) is 0 Å². The van der Waals surface area contributed by atoms with Gasteiger partial charge >= 0.3 is 0 Å². The van der Waals surface area contributed by atoms with E-state index < -0.39 is 0 Å². The van der Waals surface area contributed by atoms with Gasteiger partial charge in [-0.15, -0.1) is 0 Å². The van der Waals surface area contributed by atoms with E-state index in [2.05, 4.69) is 0 Å². The lowest BCUT2D eigenvalue weighted by atomic mass is 9.96. The zero-order chi connectivity index (χ0) is 9.47. The molecular weight excluding hydrogens is 167 g/mol. The zero-order valence-corrected chi connectivity index (χ0v) is 7.46. The third-order valence-electron chi connectivity index (χ3n) is 2.97. The Labute approximate surface area is 76.6 Å². The molecule has 0 spiro atoms. The first-order valence-corrected chi connectivity index (χ1v) is 4.38. The van der Waals surface area contributed by atoms with Gasteiger partial charge in [0, 0.05) is 11.3 Å². The average molecular weight is 178 g/mol. The van der Waals surface area contributed by atoms with E-state index in [-0.39, 0.29) is 17.2 Å². The molecule has 0 radical (unpaired) electrons. The molecule has 1 fully saturated rings. The molecule has 1 aliphatic carbocycles. The van der Waals surface area contributed by atoms with Gasteiger partial charge in [0.1, 0.15) is 12.1 Å². The summed E-state index contributed by atoms with van der Waals surface area (Å²) in [5.74, 6) is -0.103. The summed E-state index contributed by atoms with van der Waals surface area (Å²) in [7, 11) is 0. The van der Waals surface area contributed by atoms with Crippen LogP contribution in [0.15, 0.2) is 24.3 Å². The minimum Gasteiger partial charge on any atom is -0.303 e. The Kier molecular flexibility index (Phi) is 1.72. The molecule has 68 valence electrons. The van der Waals surface area contributed by atoms with Crippen LogP contribution in [0.4, 0.5) is 4.39 Å². The Morgan fingerprint density at radius 2 is 2.08 bits per heavy atom.